The quantitative estimate of drug-likeness (QED) is 0.672. The summed E-state index contributed by atoms with van der Waals surface area (Å²) in [5.74, 6) is -0.563. The first-order valence-electron chi connectivity index (χ1n) is 8.01. The van der Waals surface area contributed by atoms with Crippen LogP contribution in [0.2, 0.25) is 0 Å². The number of carbonyl (C=O) groups excluding carboxylic acids is 1. The number of alkyl halides is 3. The van der Waals surface area contributed by atoms with Gasteiger partial charge in [0, 0.05) is 13.0 Å². The zero-order valence-corrected chi connectivity index (χ0v) is 14.0. The van der Waals surface area contributed by atoms with Crippen molar-refractivity contribution >= 4 is 22.5 Å². The number of hydrogen-bond donors (Lipinski definition) is 2. The number of carbonyl (C=O) groups is 1. The molecular weight excluding hydrogens is 361 g/mol. The van der Waals surface area contributed by atoms with E-state index in [0.29, 0.717) is 10.9 Å². The highest BCUT2D eigenvalue weighted by Gasteiger charge is 2.33. The molecule has 0 saturated heterocycles. The molecule has 0 unspecified atom stereocenters. The van der Waals surface area contributed by atoms with Gasteiger partial charge in [0.25, 0.3) is 5.56 Å². The number of hydrogen-bond acceptors (Lipinski definition) is 4. The standard InChI is InChI=1S/C18H15F3N4O2/c19-18(20,21)13-6-2-4-8-15(13)23-24-16(26)9-10-25-11-22-14-7-3-1-5-12(14)17(25)27/h1-8,11,23H,9-10H2,(H,24,26). The maximum atomic E-state index is 12.9. The van der Waals surface area contributed by atoms with Gasteiger partial charge in [-0.05, 0) is 24.3 Å². The average Bonchev–Trinajstić information content (AvgIpc) is 2.65. The van der Waals surface area contributed by atoms with Gasteiger partial charge in [-0.2, -0.15) is 13.2 Å². The Morgan fingerprint density at radius 3 is 2.56 bits per heavy atom. The van der Waals surface area contributed by atoms with Crippen LogP contribution in [0.25, 0.3) is 10.9 Å². The van der Waals surface area contributed by atoms with Crippen molar-refractivity contribution in [3.63, 3.8) is 0 Å². The van der Waals surface area contributed by atoms with Crippen molar-refractivity contribution in [3.05, 3.63) is 70.8 Å². The van der Waals surface area contributed by atoms with Crippen LogP contribution >= 0.6 is 0 Å². The summed E-state index contributed by atoms with van der Waals surface area (Å²) < 4.78 is 40.0. The normalized spacial score (nSPS) is 11.4. The molecule has 1 amide bonds. The van der Waals surface area contributed by atoms with Gasteiger partial charge in [-0.3, -0.25) is 25.0 Å². The van der Waals surface area contributed by atoms with Crippen LogP contribution < -0.4 is 16.4 Å². The Hall–Kier alpha value is -3.36. The van der Waals surface area contributed by atoms with Gasteiger partial charge in [0.05, 0.1) is 28.5 Å². The van der Waals surface area contributed by atoms with E-state index in [-0.39, 0.29) is 24.2 Å². The molecule has 0 aliphatic heterocycles. The lowest BCUT2D eigenvalue weighted by Gasteiger charge is -2.15. The Morgan fingerprint density at radius 2 is 1.78 bits per heavy atom. The van der Waals surface area contributed by atoms with Gasteiger partial charge in [0.2, 0.25) is 5.91 Å². The molecule has 2 aromatic carbocycles. The van der Waals surface area contributed by atoms with Crippen molar-refractivity contribution in [2.24, 2.45) is 0 Å². The van der Waals surface area contributed by atoms with Crippen LogP contribution in [0, 0.1) is 0 Å². The van der Waals surface area contributed by atoms with E-state index in [4.69, 9.17) is 0 Å². The van der Waals surface area contributed by atoms with E-state index >= 15 is 0 Å². The summed E-state index contributed by atoms with van der Waals surface area (Å²) in [6, 6.07) is 11.6. The Kier molecular flexibility index (Phi) is 5.11. The number of fused-ring (bicyclic) bond motifs is 1. The lowest BCUT2D eigenvalue weighted by molar-refractivity contribution is -0.137. The molecule has 1 heterocycles. The fourth-order valence-corrected chi connectivity index (χ4v) is 2.53. The Bertz CT molecular complexity index is 1030. The van der Waals surface area contributed by atoms with Crippen molar-refractivity contribution in [1.82, 2.24) is 15.0 Å². The van der Waals surface area contributed by atoms with E-state index in [0.717, 1.165) is 6.07 Å². The van der Waals surface area contributed by atoms with Crippen molar-refractivity contribution < 1.29 is 18.0 Å². The van der Waals surface area contributed by atoms with Gasteiger partial charge in [-0.15, -0.1) is 0 Å². The SMILES string of the molecule is O=C(CCn1cnc2ccccc2c1=O)NNc1ccccc1C(F)(F)F. The summed E-state index contributed by atoms with van der Waals surface area (Å²) in [5, 5.41) is 0.428. The van der Waals surface area contributed by atoms with Gasteiger partial charge in [0.15, 0.2) is 0 Å². The number of rotatable bonds is 5. The third-order valence-electron chi connectivity index (χ3n) is 3.88. The fraction of sp³-hybridized carbons (Fsp3) is 0.167. The largest absolute Gasteiger partial charge is 0.418 e. The maximum Gasteiger partial charge on any atom is 0.418 e. The zero-order valence-electron chi connectivity index (χ0n) is 14.0. The second kappa shape index (κ2) is 7.48. The molecule has 3 aromatic rings. The number of aromatic nitrogens is 2. The molecule has 0 aliphatic carbocycles. The number of nitrogens with one attached hydrogen (secondary N) is 2. The molecule has 0 spiro atoms. The smallest absolute Gasteiger partial charge is 0.298 e. The third kappa shape index (κ3) is 4.25. The summed E-state index contributed by atoms with van der Waals surface area (Å²) in [6.07, 6.45) is -3.32. The molecule has 0 fully saturated rings. The zero-order chi connectivity index (χ0) is 19.4. The first kappa shape index (κ1) is 18.4. The predicted octanol–water partition coefficient (Wildman–Crippen LogP) is 2.95. The van der Waals surface area contributed by atoms with Crippen molar-refractivity contribution in [2.45, 2.75) is 19.1 Å². The monoisotopic (exact) mass is 376 g/mol. The van der Waals surface area contributed by atoms with Crippen LogP contribution in [-0.4, -0.2) is 15.5 Å². The number of benzene rings is 2. The number of aryl methyl sites for hydroxylation is 1. The number of halogens is 3. The molecule has 9 heteroatoms. The minimum Gasteiger partial charge on any atom is -0.298 e. The number of para-hydroxylation sites is 2. The molecule has 0 aliphatic rings. The summed E-state index contributed by atoms with van der Waals surface area (Å²) in [6.45, 7) is 0.0467. The van der Waals surface area contributed by atoms with Crippen LogP contribution in [-0.2, 0) is 17.5 Å². The lowest BCUT2D eigenvalue weighted by atomic mass is 10.2. The average molecular weight is 376 g/mol. The highest BCUT2D eigenvalue weighted by molar-refractivity contribution is 5.78. The molecule has 0 bridgehead atoms. The van der Waals surface area contributed by atoms with Crippen LogP contribution in [0.15, 0.2) is 59.7 Å². The van der Waals surface area contributed by atoms with Crippen LogP contribution in [0.4, 0.5) is 18.9 Å². The molecule has 140 valence electrons. The van der Waals surface area contributed by atoms with Gasteiger partial charge < -0.3 is 0 Å². The van der Waals surface area contributed by atoms with E-state index < -0.39 is 17.6 Å². The lowest BCUT2D eigenvalue weighted by Crippen LogP contribution is -2.32. The molecule has 6 nitrogen and oxygen atoms in total. The topological polar surface area (TPSA) is 76.0 Å². The highest BCUT2D eigenvalue weighted by Crippen LogP contribution is 2.34. The van der Waals surface area contributed by atoms with Crippen molar-refractivity contribution in [2.75, 3.05) is 5.43 Å². The van der Waals surface area contributed by atoms with Crippen molar-refractivity contribution in [3.8, 4) is 0 Å². The molecule has 2 N–H and O–H groups in total. The van der Waals surface area contributed by atoms with Gasteiger partial charge in [-0.25, -0.2) is 4.98 Å². The summed E-state index contributed by atoms with van der Waals surface area (Å²) in [5.41, 5.74) is 3.60. The summed E-state index contributed by atoms with van der Waals surface area (Å²) in [7, 11) is 0. The Morgan fingerprint density at radius 1 is 1.07 bits per heavy atom. The highest BCUT2D eigenvalue weighted by atomic mass is 19.4. The van der Waals surface area contributed by atoms with Crippen LogP contribution in [0.1, 0.15) is 12.0 Å². The van der Waals surface area contributed by atoms with Crippen LogP contribution in [0.3, 0.4) is 0 Å². The molecule has 0 radical (unpaired) electrons. The number of nitrogens with zero attached hydrogens (tertiary/aromatic N) is 2. The predicted molar refractivity (Wildman–Crippen MR) is 93.8 cm³/mol. The summed E-state index contributed by atoms with van der Waals surface area (Å²) >= 11 is 0. The molecular formula is C18H15F3N4O2. The Balaban J connectivity index is 1.63. The van der Waals surface area contributed by atoms with Gasteiger partial charge in [-0.1, -0.05) is 24.3 Å². The Labute approximate surface area is 151 Å². The van der Waals surface area contributed by atoms with E-state index in [2.05, 4.69) is 15.8 Å². The number of amides is 1. The molecule has 27 heavy (non-hydrogen) atoms. The number of hydrazine groups is 1. The molecule has 0 saturated carbocycles. The van der Waals surface area contributed by atoms with E-state index in [1.54, 1.807) is 24.3 Å². The second-order valence-electron chi connectivity index (χ2n) is 5.73. The first-order valence-corrected chi connectivity index (χ1v) is 8.01. The van der Waals surface area contributed by atoms with Gasteiger partial charge in [0.1, 0.15) is 0 Å². The minimum atomic E-state index is -4.54. The van der Waals surface area contributed by atoms with Crippen molar-refractivity contribution in [1.29, 1.82) is 0 Å². The third-order valence-corrected chi connectivity index (χ3v) is 3.88. The summed E-state index contributed by atoms with van der Waals surface area (Å²) in [4.78, 5) is 28.4. The van der Waals surface area contributed by atoms with Gasteiger partial charge >= 0.3 is 6.18 Å². The van der Waals surface area contributed by atoms with Crippen LogP contribution in [0.5, 0.6) is 0 Å². The number of anilines is 1. The van der Waals surface area contributed by atoms with E-state index in [1.807, 2.05) is 0 Å². The molecule has 3 rings (SSSR count). The fourth-order valence-electron chi connectivity index (χ4n) is 2.53. The minimum absolute atomic E-state index is 0.0467. The van der Waals surface area contributed by atoms with E-state index in [1.165, 1.54) is 29.1 Å². The maximum absolute atomic E-state index is 12.9. The molecule has 0 atom stereocenters. The molecule has 1 aromatic heterocycles. The first-order chi connectivity index (χ1) is 12.9. The second-order valence-corrected chi connectivity index (χ2v) is 5.73. The van der Waals surface area contributed by atoms with E-state index in [9.17, 15) is 22.8 Å².